The van der Waals surface area contributed by atoms with Gasteiger partial charge in [-0.25, -0.2) is 4.98 Å². The standard InChI is InChI=1S/C34H38N4/c1-3-5-21-37(25-27-23-30-19-13-14-20-31(30)35-24-27)26-32-33(28-15-9-7-10-16-28)36-34(38(32)22-6-4-2)29-17-11-8-12-18-29/h7-20,23-24H,3-6,21-22,25-26H2,1-2H3. The summed E-state index contributed by atoms with van der Waals surface area (Å²) in [6.07, 6.45) is 6.65. The lowest BCUT2D eigenvalue weighted by Gasteiger charge is -2.24. The fourth-order valence-electron chi connectivity index (χ4n) is 5.11. The third-order valence-electron chi connectivity index (χ3n) is 7.14. The van der Waals surface area contributed by atoms with Crippen molar-refractivity contribution in [1.29, 1.82) is 0 Å². The number of nitrogens with zero attached hydrogens (tertiary/aromatic N) is 4. The molecule has 0 amide bonds. The molecule has 0 aliphatic heterocycles. The first-order valence-corrected chi connectivity index (χ1v) is 14.0. The Morgan fingerprint density at radius 2 is 1.42 bits per heavy atom. The highest BCUT2D eigenvalue weighted by Crippen LogP contribution is 2.31. The minimum atomic E-state index is 0.848. The van der Waals surface area contributed by atoms with Crippen LogP contribution in [0.2, 0.25) is 0 Å². The molecule has 2 heterocycles. The first kappa shape index (κ1) is 25.9. The number of benzene rings is 3. The highest BCUT2D eigenvalue weighted by molar-refractivity contribution is 5.78. The molecule has 0 aliphatic rings. The molecule has 0 bridgehead atoms. The van der Waals surface area contributed by atoms with E-state index in [9.17, 15) is 0 Å². The van der Waals surface area contributed by atoms with E-state index in [-0.39, 0.29) is 0 Å². The van der Waals surface area contributed by atoms with Gasteiger partial charge < -0.3 is 4.57 Å². The summed E-state index contributed by atoms with van der Waals surface area (Å²) in [6, 6.07) is 32.0. The summed E-state index contributed by atoms with van der Waals surface area (Å²) in [5.74, 6) is 1.07. The molecular weight excluding hydrogens is 464 g/mol. The zero-order valence-electron chi connectivity index (χ0n) is 22.7. The molecule has 5 rings (SSSR count). The summed E-state index contributed by atoms with van der Waals surface area (Å²) < 4.78 is 2.48. The molecule has 2 aromatic heterocycles. The summed E-state index contributed by atoms with van der Waals surface area (Å²) in [5.41, 5.74) is 7.05. The van der Waals surface area contributed by atoms with Crippen molar-refractivity contribution >= 4 is 10.9 Å². The molecule has 0 N–H and O–H groups in total. The summed E-state index contributed by atoms with van der Waals surface area (Å²) in [7, 11) is 0. The topological polar surface area (TPSA) is 34.0 Å². The van der Waals surface area contributed by atoms with Crippen LogP contribution in [0, 0.1) is 0 Å². The Balaban J connectivity index is 1.57. The van der Waals surface area contributed by atoms with E-state index in [1.54, 1.807) is 0 Å². The van der Waals surface area contributed by atoms with E-state index in [0.717, 1.165) is 62.5 Å². The first-order valence-electron chi connectivity index (χ1n) is 14.0. The third kappa shape index (κ3) is 6.03. The van der Waals surface area contributed by atoms with Crippen molar-refractivity contribution in [3.63, 3.8) is 0 Å². The number of para-hydroxylation sites is 1. The van der Waals surface area contributed by atoms with Crippen LogP contribution in [0.1, 0.15) is 50.8 Å². The predicted octanol–water partition coefficient (Wildman–Crippen LogP) is 8.37. The average Bonchev–Trinajstić information content (AvgIpc) is 3.33. The number of pyridine rings is 1. The maximum atomic E-state index is 5.31. The molecule has 194 valence electrons. The Hall–Kier alpha value is -3.76. The van der Waals surface area contributed by atoms with Gasteiger partial charge in [0.05, 0.1) is 16.9 Å². The number of hydrogen-bond donors (Lipinski definition) is 0. The van der Waals surface area contributed by atoms with E-state index in [4.69, 9.17) is 9.97 Å². The van der Waals surface area contributed by atoms with E-state index < -0.39 is 0 Å². The number of aromatic nitrogens is 3. The van der Waals surface area contributed by atoms with Gasteiger partial charge in [-0.3, -0.25) is 9.88 Å². The quantitative estimate of drug-likeness (QED) is 0.172. The smallest absolute Gasteiger partial charge is 0.140 e. The van der Waals surface area contributed by atoms with Gasteiger partial charge in [0.25, 0.3) is 0 Å². The molecule has 0 unspecified atom stereocenters. The van der Waals surface area contributed by atoms with Gasteiger partial charge in [-0.15, -0.1) is 0 Å². The lowest BCUT2D eigenvalue weighted by molar-refractivity contribution is 0.246. The van der Waals surface area contributed by atoms with Crippen molar-refractivity contribution in [3.05, 3.63) is 108 Å². The van der Waals surface area contributed by atoms with Crippen LogP contribution in [0.4, 0.5) is 0 Å². The van der Waals surface area contributed by atoms with Crippen LogP contribution in [0.15, 0.2) is 97.2 Å². The van der Waals surface area contributed by atoms with Crippen LogP contribution in [0.25, 0.3) is 33.5 Å². The number of rotatable bonds is 12. The van der Waals surface area contributed by atoms with Crippen LogP contribution >= 0.6 is 0 Å². The Bertz CT molecular complexity index is 1440. The highest BCUT2D eigenvalue weighted by Gasteiger charge is 2.22. The molecule has 0 spiro atoms. The molecule has 38 heavy (non-hydrogen) atoms. The van der Waals surface area contributed by atoms with Crippen molar-refractivity contribution in [2.24, 2.45) is 0 Å². The minimum absolute atomic E-state index is 0.848. The van der Waals surface area contributed by atoms with E-state index in [1.807, 2.05) is 6.20 Å². The molecule has 4 nitrogen and oxygen atoms in total. The zero-order valence-corrected chi connectivity index (χ0v) is 22.7. The van der Waals surface area contributed by atoms with E-state index in [0.29, 0.717) is 0 Å². The maximum absolute atomic E-state index is 5.31. The fraction of sp³-hybridized carbons (Fsp3) is 0.294. The number of hydrogen-bond acceptors (Lipinski definition) is 3. The van der Waals surface area contributed by atoms with Crippen molar-refractivity contribution < 1.29 is 0 Å². The van der Waals surface area contributed by atoms with Crippen molar-refractivity contribution in [3.8, 4) is 22.6 Å². The second kappa shape index (κ2) is 12.7. The molecule has 4 heteroatoms. The van der Waals surface area contributed by atoms with Gasteiger partial charge in [0.1, 0.15) is 5.82 Å². The summed E-state index contributed by atoms with van der Waals surface area (Å²) in [5, 5.41) is 1.20. The van der Waals surface area contributed by atoms with Gasteiger partial charge in [-0.05, 0) is 37.1 Å². The van der Waals surface area contributed by atoms with E-state index in [1.165, 1.54) is 34.2 Å². The summed E-state index contributed by atoms with van der Waals surface area (Å²) in [6.45, 7) is 8.25. The third-order valence-corrected chi connectivity index (χ3v) is 7.14. The summed E-state index contributed by atoms with van der Waals surface area (Å²) >= 11 is 0. The van der Waals surface area contributed by atoms with Gasteiger partial charge in [-0.1, -0.05) is 106 Å². The van der Waals surface area contributed by atoms with Gasteiger partial charge in [-0.2, -0.15) is 0 Å². The molecule has 3 aromatic carbocycles. The lowest BCUT2D eigenvalue weighted by Crippen LogP contribution is -2.26. The van der Waals surface area contributed by atoms with Crippen LogP contribution in [-0.4, -0.2) is 26.0 Å². The SMILES string of the molecule is CCCCN(Cc1cnc2ccccc2c1)Cc1c(-c2ccccc2)nc(-c2ccccc2)n1CCCC. The van der Waals surface area contributed by atoms with Gasteiger partial charge >= 0.3 is 0 Å². The number of unbranched alkanes of at least 4 members (excludes halogenated alkanes) is 2. The van der Waals surface area contributed by atoms with Crippen LogP contribution in [0.5, 0.6) is 0 Å². The van der Waals surface area contributed by atoms with Gasteiger partial charge in [0.2, 0.25) is 0 Å². The largest absolute Gasteiger partial charge is 0.326 e. The Morgan fingerprint density at radius 3 is 2.16 bits per heavy atom. The molecule has 0 atom stereocenters. The fourth-order valence-corrected chi connectivity index (χ4v) is 5.11. The van der Waals surface area contributed by atoms with Crippen molar-refractivity contribution in [2.45, 2.75) is 59.2 Å². The van der Waals surface area contributed by atoms with Crippen LogP contribution in [-0.2, 0) is 19.6 Å². The second-order valence-corrected chi connectivity index (χ2v) is 10.1. The summed E-state index contributed by atoms with van der Waals surface area (Å²) in [4.78, 5) is 12.6. The van der Waals surface area contributed by atoms with E-state index >= 15 is 0 Å². The lowest BCUT2D eigenvalue weighted by atomic mass is 10.1. The molecular formula is C34H38N4. The van der Waals surface area contributed by atoms with Gasteiger partial charge in [0.15, 0.2) is 0 Å². The maximum Gasteiger partial charge on any atom is 0.140 e. The molecule has 5 aromatic rings. The highest BCUT2D eigenvalue weighted by atomic mass is 15.2. The first-order chi connectivity index (χ1) is 18.8. The minimum Gasteiger partial charge on any atom is -0.326 e. The monoisotopic (exact) mass is 502 g/mol. The normalized spacial score (nSPS) is 11.4. The molecule has 0 radical (unpaired) electrons. The molecule has 0 saturated carbocycles. The van der Waals surface area contributed by atoms with Crippen LogP contribution in [0.3, 0.4) is 0 Å². The predicted molar refractivity (Wildman–Crippen MR) is 159 cm³/mol. The Kier molecular flexibility index (Phi) is 8.62. The number of fused-ring (bicyclic) bond motifs is 1. The molecule has 0 fully saturated rings. The van der Waals surface area contributed by atoms with Crippen LogP contribution < -0.4 is 0 Å². The van der Waals surface area contributed by atoms with Crippen molar-refractivity contribution in [1.82, 2.24) is 19.4 Å². The second-order valence-electron chi connectivity index (χ2n) is 10.1. The Labute approximate surface area is 227 Å². The Morgan fingerprint density at radius 1 is 0.737 bits per heavy atom. The molecule has 0 saturated heterocycles. The van der Waals surface area contributed by atoms with E-state index in [2.05, 4.69) is 114 Å². The zero-order chi connectivity index (χ0) is 26.2. The number of imidazole rings is 1. The van der Waals surface area contributed by atoms with Crippen molar-refractivity contribution in [2.75, 3.05) is 6.54 Å². The van der Waals surface area contributed by atoms with Gasteiger partial charge in [0, 0.05) is 42.3 Å². The average molecular weight is 503 g/mol. The molecule has 0 aliphatic carbocycles.